The minimum absolute atomic E-state index is 0.0520. The van der Waals surface area contributed by atoms with E-state index in [1.807, 2.05) is 0 Å². The first-order valence-electron chi connectivity index (χ1n) is 7.02. The number of phenolic OH excluding ortho intramolecular Hbond substituents is 1. The molecule has 2 N–H and O–H groups in total. The Morgan fingerprint density at radius 2 is 1.79 bits per heavy atom. The first kappa shape index (κ1) is 17.0. The molecule has 4 nitrogen and oxygen atoms in total. The van der Waals surface area contributed by atoms with Gasteiger partial charge in [0, 0.05) is 22.0 Å². The van der Waals surface area contributed by atoms with Gasteiger partial charge in [-0.25, -0.2) is 13.1 Å². The van der Waals surface area contributed by atoms with E-state index in [0.29, 0.717) is 26.4 Å². The van der Waals surface area contributed by atoms with Gasteiger partial charge in [-0.1, -0.05) is 41.4 Å². The minimum Gasteiger partial charge on any atom is -0.507 e. The summed E-state index contributed by atoms with van der Waals surface area (Å²) in [4.78, 5) is 0.116. The molecule has 3 aromatic carbocycles. The average Bonchev–Trinajstić information content (AvgIpc) is 2.54. The Bertz CT molecular complexity index is 1020. The molecule has 3 rings (SSSR count). The fourth-order valence-corrected chi connectivity index (χ4v) is 3.85. The van der Waals surface area contributed by atoms with Crippen molar-refractivity contribution >= 4 is 44.0 Å². The van der Waals surface area contributed by atoms with E-state index in [0.717, 1.165) is 0 Å². The Labute approximate surface area is 149 Å². The first-order chi connectivity index (χ1) is 11.4. The van der Waals surface area contributed by atoms with E-state index in [4.69, 9.17) is 23.2 Å². The van der Waals surface area contributed by atoms with Crippen LogP contribution in [0.2, 0.25) is 10.0 Å². The lowest BCUT2D eigenvalue weighted by molar-refractivity contribution is 0.481. The molecule has 0 heterocycles. The molecule has 0 spiro atoms. The van der Waals surface area contributed by atoms with Gasteiger partial charge in [0.25, 0.3) is 0 Å². The second-order valence-corrected chi connectivity index (χ2v) is 7.83. The highest BCUT2D eigenvalue weighted by Crippen LogP contribution is 2.27. The largest absolute Gasteiger partial charge is 0.507 e. The SMILES string of the molecule is O=S(=O)(NCc1ccc(Cl)cc1Cl)c1ccc2c(O)cccc2c1. The summed E-state index contributed by atoms with van der Waals surface area (Å²) in [6, 6.07) is 14.4. The van der Waals surface area contributed by atoms with E-state index in [-0.39, 0.29) is 17.2 Å². The van der Waals surface area contributed by atoms with Gasteiger partial charge in [-0.15, -0.1) is 0 Å². The summed E-state index contributed by atoms with van der Waals surface area (Å²) in [6.07, 6.45) is 0. The zero-order valence-corrected chi connectivity index (χ0v) is 14.7. The fraction of sp³-hybridized carbons (Fsp3) is 0.0588. The predicted octanol–water partition coefficient (Wildman–Crippen LogP) is 4.33. The monoisotopic (exact) mass is 381 g/mol. The third-order valence-electron chi connectivity index (χ3n) is 3.61. The van der Waals surface area contributed by atoms with Crippen molar-refractivity contribution in [3.8, 4) is 5.75 Å². The van der Waals surface area contributed by atoms with Gasteiger partial charge in [0.2, 0.25) is 10.0 Å². The van der Waals surface area contributed by atoms with E-state index in [2.05, 4.69) is 4.72 Å². The second-order valence-electron chi connectivity index (χ2n) is 5.22. The molecule has 0 bridgehead atoms. The van der Waals surface area contributed by atoms with E-state index < -0.39 is 10.0 Å². The van der Waals surface area contributed by atoms with Crippen molar-refractivity contribution in [3.05, 3.63) is 70.2 Å². The molecule has 0 aliphatic rings. The lowest BCUT2D eigenvalue weighted by atomic mass is 10.1. The van der Waals surface area contributed by atoms with E-state index >= 15 is 0 Å². The van der Waals surface area contributed by atoms with Crippen LogP contribution < -0.4 is 4.72 Å². The van der Waals surface area contributed by atoms with Crippen LogP contribution in [0.5, 0.6) is 5.75 Å². The molecule has 0 amide bonds. The standard InChI is InChI=1S/C17H13Cl2NO3S/c18-13-5-4-12(16(19)9-13)10-20-24(22,23)14-6-7-15-11(8-14)2-1-3-17(15)21/h1-9,20-21H,10H2. The zero-order valence-electron chi connectivity index (χ0n) is 12.3. The molecule has 0 aliphatic carbocycles. The summed E-state index contributed by atoms with van der Waals surface area (Å²) in [7, 11) is -3.71. The molecule has 24 heavy (non-hydrogen) atoms. The highest BCUT2D eigenvalue weighted by atomic mass is 35.5. The summed E-state index contributed by atoms with van der Waals surface area (Å²) in [5.41, 5.74) is 0.628. The van der Waals surface area contributed by atoms with Gasteiger partial charge in [-0.05, 0) is 47.3 Å². The van der Waals surface area contributed by atoms with Crippen molar-refractivity contribution in [1.82, 2.24) is 4.72 Å². The molecule has 0 saturated heterocycles. The molecule has 0 aliphatic heterocycles. The van der Waals surface area contributed by atoms with Gasteiger partial charge >= 0.3 is 0 Å². The predicted molar refractivity (Wildman–Crippen MR) is 96.1 cm³/mol. The Morgan fingerprint density at radius 1 is 1.00 bits per heavy atom. The molecule has 0 saturated carbocycles. The quantitative estimate of drug-likeness (QED) is 0.706. The molecule has 0 fully saturated rings. The summed E-state index contributed by atoms with van der Waals surface area (Å²) in [5, 5.41) is 11.9. The molecular weight excluding hydrogens is 369 g/mol. The number of nitrogens with one attached hydrogen (secondary N) is 1. The molecule has 3 aromatic rings. The minimum atomic E-state index is -3.71. The molecule has 7 heteroatoms. The highest BCUT2D eigenvalue weighted by molar-refractivity contribution is 7.89. The van der Waals surface area contributed by atoms with Crippen molar-refractivity contribution in [2.45, 2.75) is 11.4 Å². The van der Waals surface area contributed by atoms with Crippen molar-refractivity contribution in [3.63, 3.8) is 0 Å². The maximum Gasteiger partial charge on any atom is 0.240 e. The number of hydrogen-bond acceptors (Lipinski definition) is 3. The number of aromatic hydroxyl groups is 1. The summed E-state index contributed by atoms with van der Waals surface area (Å²) in [6.45, 7) is 0.0520. The van der Waals surface area contributed by atoms with Gasteiger partial charge in [0.1, 0.15) is 5.75 Å². The third kappa shape index (κ3) is 3.49. The van der Waals surface area contributed by atoms with Crippen LogP contribution in [0.1, 0.15) is 5.56 Å². The Hall–Kier alpha value is -1.79. The number of hydrogen-bond donors (Lipinski definition) is 2. The summed E-state index contributed by atoms with van der Waals surface area (Å²) in [5.74, 6) is 0.109. The van der Waals surface area contributed by atoms with Crippen LogP contribution >= 0.6 is 23.2 Å². The number of fused-ring (bicyclic) bond motifs is 1. The zero-order chi connectivity index (χ0) is 17.3. The number of rotatable bonds is 4. The van der Waals surface area contributed by atoms with Crippen LogP contribution in [0.4, 0.5) is 0 Å². The van der Waals surface area contributed by atoms with Crippen LogP contribution in [0.3, 0.4) is 0 Å². The number of phenols is 1. The normalized spacial score (nSPS) is 11.8. The molecule has 0 aromatic heterocycles. The Morgan fingerprint density at radius 3 is 2.54 bits per heavy atom. The molecule has 124 valence electrons. The maximum atomic E-state index is 12.5. The lowest BCUT2D eigenvalue weighted by Crippen LogP contribution is -2.23. The fourth-order valence-electron chi connectivity index (χ4n) is 2.33. The van der Waals surface area contributed by atoms with E-state index in [9.17, 15) is 13.5 Å². The topological polar surface area (TPSA) is 66.4 Å². The summed E-state index contributed by atoms with van der Waals surface area (Å²) < 4.78 is 27.5. The Balaban J connectivity index is 1.87. The number of benzene rings is 3. The maximum absolute atomic E-state index is 12.5. The first-order valence-corrected chi connectivity index (χ1v) is 9.26. The van der Waals surface area contributed by atoms with E-state index in [1.54, 1.807) is 42.5 Å². The highest BCUT2D eigenvalue weighted by Gasteiger charge is 2.15. The van der Waals surface area contributed by atoms with Gasteiger partial charge in [0.15, 0.2) is 0 Å². The van der Waals surface area contributed by atoms with E-state index in [1.165, 1.54) is 12.1 Å². The van der Waals surface area contributed by atoms with Gasteiger partial charge in [0.05, 0.1) is 4.90 Å². The van der Waals surface area contributed by atoms with Crippen molar-refractivity contribution in [2.24, 2.45) is 0 Å². The van der Waals surface area contributed by atoms with Crippen molar-refractivity contribution in [2.75, 3.05) is 0 Å². The summed E-state index contributed by atoms with van der Waals surface area (Å²) >= 11 is 11.9. The average molecular weight is 382 g/mol. The molecule has 0 unspecified atom stereocenters. The van der Waals surface area contributed by atoms with Crippen molar-refractivity contribution < 1.29 is 13.5 Å². The number of sulfonamides is 1. The molecule has 0 radical (unpaired) electrons. The van der Waals surface area contributed by atoms with Crippen LogP contribution in [-0.4, -0.2) is 13.5 Å². The lowest BCUT2D eigenvalue weighted by Gasteiger charge is -2.10. The van der Waals surface area contributed by atoms with Crippen LogP contribution in [-0.2, 0) is 16.6 Å². The van der Waals surface area contributed by atoms with Gasteiger partial charge in [-0.3, -0.25) is 0 Å². The van der Waals surface area contributed by atoms with Crippen molar-refractivity contribution in [1.29, 1.82) is 0 Å². The van der Waals surface area contributed by atoms with Gasteiger partial charge < -0.3 is 5.11 Å². The Kier molecular flexibility index (Phi) is 4.69. The number of halogens is 2. The molecule has 0 atom stereocenters. The van der Waals surface area contributed by atoms with Crippen LogP contribution in [0.25, 0.3) is 10.8 Å². The third-order valence-corrected chi connectivity index (χ3v) is 5.59. The molecular formula is C17H13Cl2NO3S. The second kappa shape index (κ2) is 6.61. The van der Waals surface area contributed by atoms with Crippen LogP contribution in [0, 0.1) is 0 Å². The van der Waals surface area contributed by atoms with Gasteiger partial charge in [-0.2, -0.15) is 0 Å². The van der Waals surface area contributed by atoms with Crippen LogP contribution in [0.15, 0.2) is 59.5 Å². The smallest absolute Gasteiger partial charge is 0.240 e.